The van der Waals surface area contributed by atoms with E-state index in [-0.39, 0.29) is 5.92 Å². The molecule has 1 saturated carbocycles. The van der Waals surface area contributed by atoms with Crippen molar-refractivity contribution in [2.24, 2.45) is 23.0 Å². The van der Waals surface area contributed by atoms with E-state index in [1.165, 1.54) is 38.5 Å². The largest absolute Gasteiger partial charge is 0.342 e. The number of nitrogens with two attached hydrogens (primary N) is 1. The van der Waals surface area contributed by atoms with Crippen LogP contribution < -0.4 is 5.73 Å². The molecule has 3 nitrogen and oxygen atoms in total. The molecule has 0 radical (unpaired) electrons. The maximum atomic E-state index is 12.5. The van der Waals surface area contributed by atoms with Crippen molar-refractivity contribution in [3.63, 3.8) is 0 Å². The van der Waals surface area contributed by atoms with Crippen LogP contribution in [0.4, 0.5) is 0 Å². The van der Waals surface area contributed by atoms with Crippen LogP contribution in [0, 0.1) is 17.3 Å². The van der Waals surface area contributed by atoms with Gasteiger partial charge >= 0.3 is 0 Å². The lowest BCUT2D eigenvalue weighted by Crippen LogP contribution is -2.46. The third kappa shape index (κ3) is 3.50. The maximum absolute atomic E-state index is 12.5. The van der Waals surface area contributed by atoms with Gasteiger partial charge in [0.05, 0.1) is 5.92 Å². The van der Waals surface area contributed by atoms with Gasteiger partial charge in [-0.25, -0.2) is 0 Å². The predicted molar refractivity (Wildman–Crippen MR) is 78.7 cm³/mol. The average molecular weight is 266 g/mol. The molecule has 1 spiro atoms. The van der Waals surface area contributed by atoms with Crippen LogP contribution in [0.5, 0.6) is 0 Å². The molecular weight excluding hydrogens is 236 g/mol. The van der Waals surface area contributed by atoms with E-state index in [9.17, 15) is 4.79 Å². The Morgan fingerprint density at radius 2 is 1.74 bits per heavy atom. The van der Waals surface area contributed by atoms with Crippen molar-refractivity contribution >= 4 is 5.91 Å². The fourth-order valence-electron chi connectivity index (χ4n) is 3.95. The van der Waals surface area contributed by atoms with Gasteiger partial charge in [0, 0.05) is 19.6 Å². The number of hydrogen-bond donors (Lipinski definition) is 1. The van der Waals surface area contributed by atoms with E-state index in [1.807, 2.05) is 0 Å². The first-order chi connectivity index (χ1) is 9.06. The maximum Gasteiger partial charge on any atom is 0.226 e. The van der Waals surface area contributed by atoms with Gasteiger partial charge in [0.25, 0.3) is 0 Å². The summed E-state index contributed by atoms with van der Waals surface area (Å²) >= 11 is 0. The zero-order valence-corrected chi connectivity index (χ0v) is 12.7. The Bertz CT molecular complexity index is 298. The summed E-state index contributed by atoms with van der Waals surface area (Å²) in [4.78, 5) is 14.6. The molecule has 2 aliphatic rings. The molecule has 19 heavy (non-hydrogen) atoms. The van der Waals surface area contributed by atoms with Crippen molar-refractivity contribution in [3.8, 4) is 0 Å². The van der Waals surface area contributed by atoms with Crippen LogP contribution in [0.1, 0.15) is 58.8 Å². The van der Waals surface area contributed by atoms with Gasteiger partial charge in [0.2, 0.25) is 5.91 Å². The zero-order chi connectivity index (χ0) is 13.9. The van der Waals surface area contributed by atoms with Crippen LogP contribution in [0.3, 0.4) is 0 Å². The molecule has 1 atom stereocenters. The van der Waals surface area contributed by atoms with Crippen molar-refractivity contribution < 1.29 is 4.79 Å². The Morgan fingerprint density at radius 1 is 1.16 bits per heavy atom. The van der Waals surface area contributed by atoms with Crippen molar-refractivity contribution in [3.05, 3.63) is 0 Å². The molecule has 2 N–H and O–H groups in total. The summed E-state index contributed by atoms with van der Waals surface area (Å²) in [7, 11) is 0. The van der Waals surface area contributed by atoms with E-state index in [2.05, 4.69) is 18.7 Å². The van der Waals surface area contributed by atoms with Gasteiger partial charge in [-0.15, -0.1) is 0 Å². The van der Waals surface area contributed by atoms with E-state index in [1.54, 1.807) is 0 Å². The van der Waals surface area contributed by atoms with Crippen LogP contribution in [-0.2, 0) is 4.79 Å². The Labute approximate surface area is 117 Å². The first-order valence-corrected chi connectivity index (χ1v) is 8.05. The van der Waals surface area contributed by atoms with Crippen molar-refractivity contribution in [1.82, 2.24) is 4.90 Å². The van der Waals surface area contributed by atoms with Crippen LogP contribution in [0.2, 0.25) is 0 Å². The van der Waals surface area contributed by atoms with Crippen molar-refractivity contribution in [1.29, 1.82) is 0 Å². The Hall–Kier alpha value is -0.570. The molecule has 3 heteroatoms. The molecule has 0 bridgehead atoms. The minimum atomic E-state index is 0.0395. The summed E-state index contributed by atoms with van der Waals surface area (Å²) in [6.07, 6.45) is 8.94. The van der Waals surface area contributed by atoms with Gasteiger partial charge in [-0.05, 0) is 43.4 Å². The molecule has 1 saturated heterocycles. The second-order valence-corrected chi connectivity index (χ2v) is 7.09. The number of carbonyl (C=O) groups excluding carboxylic acids is 1. The van der Waals surface area contributed by atoms with Crippen LogP contribution >= 0.6 is 0 Å². The van der Waals surface area contributed by atoms with Gasteiger partial charge < -0.3 is 10.6 Å². The van der Waals surface area contributed by atoms with E-state index in [0.717, 1.165) is 19.5 Å². The lowest BCUT2D eigenvalue weighted by molar-refractivity contribution is -0.138. The topological polar surface area (TPSA) is 46.3 Å². The minimum absolute atomic E-state index is 0.0395. The first-order valence-electron chi connectivity index (χ1n) is 8.05. The number of piperidine rings is 1. The molecule has 1 heterocycles. The Balaban J connectivity index is 1.87. The third-order valence-electron chi connectivity index (χ3n) is 5.19. The van der Waals surface area contributed by atoms with E-state index >= 15 is 0 Å². The lowest BCUT2D eigenvalue weighted by Gasteiger charge is -2.40. The van der Waals surface area contributed by atoms with Gasteiger partial charge in [0.1, 0.15) is 0 Å². The molecule has 110 valence electrons. The fourth-order valence-corrected chi connectivity index (χ4v) is 3.95. The van der Waals surface area contributed by atoms with Gasteiger partial charge in [-0.1, -0.05) is 26.7 Å². The summed E-state index contributed by atoms with van der Waals surface area (Å²) in [5.74, 6) is 0.894. The fraction of sp³-hybridized carbons (Fsp3) is 0.938. The Morgan fingerprint density at radius 3 is 2.21 bits per heavy atom. The highest BCUT2D eigenvalue weighted by Gasteiger charge is 2.38. The van der Waals surface area contributed by atoms with Crippen LogP contribution in [0.25, 0.3) is 0 Å². The molecular formula is C16H30N2O. The summed E-state index contributed by atoms with van der Waals surface area (Å²) in [5.41, 5.74) is 6.39. The highest BCUT2D eigenvalue weighted by molar-refractivity contribution is 5.79. The predicted octanol–water partition coefficient (Wildman–Crippen LogP) is 2.79. The van der Waals surface area contributed by atoms with Gasteiger partial charge in [-0.2, -0.15) is 0 Å². The standard InChI is InChI=1S/C16H30N2O/c1-13(2)11-14(12-17)15(19)18-9-7-16(8-10-18)5-3-4-6-16/h13-14H,3-12,17H2,1-2H3. The number of nitrogens with zero attached hydrogens (tertiary/aromatic N) is 1. The zero-order valence-electron chi connectivity index (χ0n) is 12.7. The van der Waals surface area contributed by atoms with Crippen molar-refractivity contribution in [2.45, 2.75) is 58.8 Å². The van der Waals surface area contributed by atoms with Crippen LogP contribution in [0.15, 0.2) is 0 Å². The highest BCUT2D eigenvalue weighted by atomic mass is 16.2. The lowest BCUT2D eigenvalue weighted by atomic mass is 9.77. The van der Waals surface area contributed by atoms with Crippen LogP contribution in [-0.4, -0.2) is 30.4 Å². The molecule has 1 aliphatic heterocycles. The first kappa shape index (κ1) is 14.8. The van der Waals surface area contributed by atoms with Gasteiger partial charge in [-0.3, -0.25) is 4.79 Å². The van der Waals surface area contributed by atoms with E-state index in [0.29, 0.717) is 23.8 Å². The average Bonchev–Trinajstić information content (AvgIpc) is 2.84. The normalized spacial score (nSPS) is 24.1. The monoisotopic (exact) mass is 266 g/mol. The van der Waals surface area contributed by atoms with Gasteiger partial charge in [0.15, 0.2) is 0 Å². The molecule has 0 aromatic heterocycles. The number of carbonyl (C=O) groups is 1. The summed E-state index contributed by atoms with van der Waals surface area (Å²) in [6.45, 7) is 6.76. The SMILES string of the molecule is CC(C)CC(CN)C(=O)N1CCC2(CCCC2)CC1. The van der Waals surface area contributed by atoms with Crippen molar-refractivity contribution in [2.75, 3.05) is 19.6 Å². The second kappa shape index (κ2) is 6.25. The van der Waals surface area contributed by atoms with E-state index in [4.69, 9.17) is 5.73 Å². The summed E-state index contributed by atoms with van der Waals surface area (Å²) in [5, 5.41) is 0. The molecule has 1 aliphatic carbocycles. The number of hydrogen-bond acceptors (Lipinski definition) is 2. The third-order valence-corrected chi connectivity index (χ3v) is 5.19. The summed E-state index contributed by atoms with van der Waals surface area (Å²) < 4.78 is 0. The quantitative estimate of drug-likeness (QED) is 0.850. The number of amides is 1. The smallest absolute Gasteiger partial charge is 0.226 e. The van der Waals surface area contributed by atoms with E-state index < -0.39 is 0 Å². The summed E-state index contributed by atoms with van der Waals surface area (Å²) in [6, 6.07) is 0. The number of rotatable bonds is 4. The molecule has 2 rings (SSSR count). The molecule has 2 fully saturated rings. The highest BCUT2D eigenvalue weighted by Crippen LogP contribution is 2.46. The molecule has 1 unspecified atom stereocenters. The minimum Gasteiger partial charge on any atom is -0.342 e. The molecule has 0 aromatic carbocycles. The number of likely N-dealkylation sites (tertiary alicyclic amines) is 1. The molecule has 0 aromatic rings. The molecule has 1 amide bonds. The Kier molecular flexibility index (Phi) is 4.88. The second-order valence-electron chi connectivity index (χ2n) is 7.09.